The summed E-state index contributed by atoms with van der Waals surface area (Å²) in [6.45, 7) is 5.24. The van der Waals surface area contributed by atoms with E-state index in [9.17, 15) is 13.6 Å². The van der Waals surface area contributed by atoms with E-state index in [2.05, 4.69) is 11.9 Å². The molecule has 1 aliphatic rings. The number of hydrogen-bond donors (Lipinski definition) is 1. The van der Waals surface area contributed by atoms with Crippen LogP contribution >= 0.6 is 12.2 Å². The Morgan fingerprint density at radius 3 is 2.64 bits per heavy atom. The molecule has 0 amide bonds. The van der Waals surface area contributed by atoms with Gasteiger partial charge >= 0.3 is 5.97 Å². The highest BCUT2D eigenvalue weighted by atomic mass is 32.1. The van der Waals surface area contributed by atoms with Crippen LogP contribution < -0.4 is 10.2 Å². The van der Waals surface area contributed by atoms with Crippen molar-refractivity contribution in [2.24, 2.45) is 0 Å². The fourth-order valence-electron chi connectivity index (χ4n) is 3.08. The second kappa shape index (κ2) is 8.31. The maximum absolute atomic E-state index is 14.5. The molecule has 0 aliphatic carbocycles. The van der Waals surface area contributed by atoms with E-state index in [0.29, 0.717) is 5.70 Å². The number of hydrogen-bond acceptors (Lipinski definition) is 3. The van der Waals surface area contributed by atoms with Crippen LogP contribution in [0, 0.1) is 11.6 Å². The van der Waals surface area contributed by atoms with E-state index in [0.717, 1.165) is 17.8 Å². The summed E-state index contributed by atoms with van der Waals surface area (Å²) in [5, 5.41) is 3.28. The molecule has 2 aromatic rings. The highest BCUT2D eigenvalue weighted by molar-refractivity contribution is 7.80. The summed E-state index contributed by atoms with van der Waals surface area (Å²) in [7, 11) is 0. The minimum atomic E-state index is -0.912. The van der Waals surface area contributed by atoms with Crippen molar-refractivity contribution in [1.82, 2.24) is 5.32 Å². The number of esters is 1. The molecule has 0 bridgehead atoms. The first-order valence-corrected chi connectivity index (χ1v) is 8.94. The molecule has 0 radical (unpaired) electrons. The van der Waals surface area contributed by atoms with Gasteiger partial charge in [0.2, 0.25) is 0 Å². The normalized spacial score (nSPS) is 16.6. The molecule has 0 unspecified atom stereocenters. The Hall–Kier alpha value is -3.06. The molecule has 0 saturated carbocycles. The molecular weight excluding hydrogens is 382 g/mol. The molecule has 1 N–H and O–H groups in total. The van der Waals surface area contributed by atoms with Gasteiger partial charge < -0.3 is 10.1 Å². The third kappa shape index (κ3) is 3.80. The highest BCUT2D eigenvalue weighted by Crippen LogP contribution is 2.35. The third-order valence-electron chi connectivity index (χ3n) is 4.32. The van der Waals surface area contributed by atoms with E-state index in [1.165, 1.54) is 12.1 Å². The molecule has 1 aliphatic heterocycles. The first kappa shape index (κ1) is 19.7. The first-order chi connectivity index (χ1) is 13.4. The fraction of sp³-hybridized carbons (Fsp3) is 0.143. The van der Waals surface area contributed by atoms with Gasteiger partial charge in [0.25, 0.3) is 0 Å². The van der Waals surface area contributed by atoms with E-state index < -0.39 is 23.6 Å². The molecular formula is C21H18F2N2O2S. The number of carbonyl (C=O) groups is 1. The molecule has 1 heterocycles. The summed E-state index contributed by atoms with van der Waals surface area (Å²) in [5.74, 6) is -2.13. The summed E-state index contributed by atoms with van der Waals surface area (Å²) in [6.07, 6.45) is 1.44. The molecule has 3 rings (SSSR count). The number of benzene rings is 2. The Balaban J connectivity index is 2.14. The lowest BCUT2D eigenvalue weighted by Crippen LogP contribution is -2.48. The second-order valence-electron chi connectivity index (χ2n) is 6.11. The van der Waals surface area contributed by atoms with Crippen LogP contribution in [0.3, 0.4) is 0 Å². The van der Waals surface area contributed by atoms with Crippen molar-refractivity contribution in [2.75, 3.05) is 11.5 Å². The largest absolute Gasteiger partial charge is 0.458 e. The summed E-state index contributed by atoms with van der Waals surface area (Å²) in [5.41, 5.74) is 1.52. The molecule has 144 valence electrons. The molecule has 7 heteroatoms. The average molecular weight is 400 g/mol. The smallest absolute Gasteiger partial charge is 0.338 e. The predicted octanol–water partition coefficient (Wildman–Crippen LogP) is 4.40. The Morgan fingerprint density at radius 2 is 2.00 bits per heavy atom. The van der Waals surface area contributed by atoms with Gasteiger partial charge in [-0.15, -0.1) is 0 Å². The number of ether oxygens (including phenoxy) is 1. The maximum atomic E-state index is 14.5. The fourth-order valence-corrected chi connectivity index (χ4v) is 3.44. The van der Waals surface area contributed by atoms with Gasteiger partial charge in [-0.05, 0) is 37.3 Å². The van der Waals surface area contributed by atoms with Crippen molar-refractivity contribution in [3.63, 3.8) is 0 Å². The van der Waals surface area contributed by atoms with Crippen LogP contribution in [-0.4, -0.2) is 17.7 Å². The zero-order valence-electron chi connectivity index (χ0n) is 15.1. The minimum absolute atomic E-state index is 0.00398. The molecule has 1 atom stereocenters. The van der Waals surface area contributed by atoms with Gasteiger partial charge in [0, 0.05) is 23.0 Å². The SMILES string of the molecule is C=CCOC(=O)C1=C(C)N(c2ccccc2)C(=S)N[C@H]1c1ccc(F)cc1F. The number of carbonyl (C=O) groups excluding carboxylic acids is 1. The van der Waals surface area contributed by atoms with Crippen LogP contribution in [0.25, 0.3) is 0 Å². The van der Waals surface area contributed by atoms with Gasteiger partial charge in [0.05, 0.1) is 11.6 Å². The van der Waals surface area contributed by atoms with Crippen LogP contribution in [0.15, 0.2) is 72.5 Å². The van der Waals surface area contributed by atoms with Crippen molar-refractivity contribution < 1.29 is 18.3 Å². The van der Waals surface area contributed by atoms with Crippen LogP contribution in [0.4, 0.5) is 14.5 Å². The second-order valence-corrected chi connectivity index (χ2v) is 6.49. The topological polar surface area (TPSA) is 41.6 Å². The van der Waals surface area contributed by atoms with Gasteiger partial charge in [-0.1, -0.05) is 36.9 Å². The number of anilines is 1. The Morgan fingerprint density at radius 1 is 1.29 bits per heavy atom. The Labute approximate surface area is 167 Å². The molecule has 0 fully saturated rings. The van der Waals surface area contributed by atoms with E-state index >= 15 is 0 Å². The number of nitrogens with one attached hydrogen (secondary N) is 1. The molecule has 4 nitrogen and oxygen atoms in total. The average Bonchev–Trinajstić information content (AvgIpc) is 2.66. The lowest BCUT2D eigenvalue weighted by molar-refractivity contribution is -0.138. The number of allylic oxidation sites excluding steroid dienone is 1. The standard InChI is InChI=1S/C21H18F2N2O2S/c1-3-11-27-20(26)18-13(2)25(15-7-5-4-6-8-15)21(28)24-19(18)16-10-9-14(22)12-17(16)23/h3-10,12,19H,1,11H2,2H3,(H,24,28)/t19-/m0/s1. The number of nitrogens with zero attached hydrogens (tertiary/aromatic N) is 1. The number of thiocarbonyl (C=S) groups is 1. The van der Waals surface area contributed by atoms with E-state index in [4.69, 9.17) is 17.0 Å². The van der Waals surface area contributed by atoms with Crippen LogP contribution in [0.5, 0.6) is 0 Å². The molecule has 2 aromatic carbocycles. The summed E-state index contributed by atoms with van der Waals surface area (Å²) in [6, 6.07) is 11.5. The molecule has 0 spiro atoms. The van der Waals surface area contributed by atoms with Crippen molar-refractivity contribution in [2.45, 2.75) is 13.0 Å². The van der Waals surface area contributed by atoms with Gasteiger partial charge in [-0.25, -0.2) is 13.6 Å². The third-order valence-corrected chi connectivity index (χ3v) is 4.63. The minimum Gasteiger partial charge on any atom is -0.458 e. The van der Waals surface area contributed by atoms with Gasteiger partial charge in [0.15, 0.2) is 5.11 Å². The van der Waals surface area contributed by atoms with Crippen molar-refractivity contribution >= 4 is 29.0 Å². The first-order valence-electron chi connectivity index (χ1n) is 8.53. The van der Waals surface area contributed by atoms with Gasteiger partial charge in [-0.3, -0.25) is 4.90 Å². The molecule has 28 heavy (non-hydrogen) atoms. The van der Waals surface area contributed by atoms with E-state index in [1.807, 2.05) is 30.3 Å². The summed E-state index contributed by atoms with van der Waals surface area (Å²) >= 11 is 5.48. The van der Waals surface area contributed by atoms with Gasteiger partial charge in [-0.2, -0.15) is 0 Å². The number of para-hydroxylation sites is 1. The monoisotopic (exact) mass is 400 g/mol. The van der Waals surface area contributed by atoms with Crippen molar-refractivity contribution in [3.8, 4) is 0 Å². The molecule has 0 aromatic heterocycles. The quantitative estimate of drug-likeness (QED) is 0.458. The summed E-state index contributed by atoms with van der Waals surface area (Å²) < 4.78 is 33.0. The van der Waals surface area contributed by atoms with Crippen molar-refractivity contribution in [1.29, 1.82) is 0 Å². The van der Waals surface area contributed by atoms with Crippen LogP contribution in [0.1, 0.15) is 18.5 Å². The molecule has 0 saturated heterocycles. The Bertz CT molecular complexity index is 960. The Kier molecular flexibility index (Phi) is 5.84. The number of rotatable bonds is 5. The predicted molar refractivity (Wildman–Crippen MR) is 108 cm³/mol. The van der Waals surface area contributed by atoms with Crippen LogP contribution in [0.2, 0.25) is 0 Å². The lowest BCUT2D eigenvalue weighted by atomic mass is 9.94. The van der Waals surface area contributed by atoms with E-state index in [1.54, 1.807) is 11.8 Å². The van der Waals surface area contributed by atoms with Gasteiger partial charge in [0.1, 0.15) is 18.2 Å². The van der Waals surface area contributed by atoms with Crippen molar-refractivity contribution in [3.05, 3.63) is 89.7 Å². The zero-order chi connectivity index (χ0) is 20.3. The zero-order valence-corrected chi connectivity index (χ0v) is 15.9. The summed E-state index contributed by atoms with van der Waals surface area (Å²) in [4.78, 5) is 14.5. The lowest BCUT2D eigenvalue weighted by Gasteiger charge is -2.37. The van der Waals surface area contributed by atoms with E-state index in [-0.39, 0.29) is 22.9 Å². The number of halogens is 2. The maximum Gasteiger partial charge on any atom is 0.338 e. The van der Waals surface area contributed by atoms with Crippen LogP contribution in [-0.2, 0) is 9.53 Å². The highest BCUT2D eigenvalue weighted by Gasteiger charge is 2.36.